The highest BCUT2D eigenvalue weighted by molar-refractivity contribution is 7.99. The van der Waals surface area contributed by atoms with Crippen LogP contribution in [-0.2, 0) is 4.79 Å². The number of carboxylic acids is 2. The zero-order valence-corrected chi connectivity index (χ0v) is 20.7. The van der Waals surface area contributed by atoms with E-state index in [-0.39, 0.29) is 16.9 Å². The SMILES string of the molecule is CC(C)=CCC/C(C)=C/CC/C(C)=C/CSCC(NC(=O)c1ccc(C(=O)O)cc1)C(=O)O. The van der Waals surface area contributed by atoms with Crippen LogP contribution in [-0.4, -0.2) is 45.6 Å². The van der Waals surface area contributed by atoms with E-state index in [4.69, 9.17) is 5.11 Å². The molecule has 7 heteroatoms. The van der Waals surface area contributed by atoms with Crippen molar-refractivity contribution in [1.82, 2.24) is 5.32 Å². The second-order valence-corrected chi connectivity index (χ2v) is 9.32. The summed E-state index contributed by atoms with van der Waals surface area (Å²) in [6.45, 7) is 8.46. The fourth-order valence-corrected chi connectivity index (χ4v) is 3.91. The standard InChI is InChI=1S/C26H35NO5S/c1-18(2)7-5-8-19(3)9-6-10-20(4)15-16-33-17-23(26(31)32)27-24(28)21-11-13-22(14-12-21)25(29)30/h7,9,11-15,23H,5-6,8,10,16-17H2,1-4H3,(H,27,28)(H,29,30)(H,31,32)/b19-9+,20-15+. The van der Waals surface area contributed by atoms with E-state index in [0.29, 0.717) is 5.75 Å². The maximum absolute atomic E-state index is 12.3. The van der Waals surface area contributed by atoms with Crippen LogP contribution in [0.5, 0.6) is 0 Å². The van der Waals surface area contributed by atoms with Crippen molar-refractivity contribution in [3.8, 4) is 0 Å². The lowest BCUT2D eigenvalue weighted by Gasteiger charge is -2.14. The van der Waals surface area contributed by atoms with Gasteiger partial charge >= 0.3 is 11.9 Å². The predicted molar refractivity (Wildman–Crippen MR) is 135 cm³/mol. The molecule has 3 N–H and O–H groups in total. The van der Waals surface area contributed by atoms with Gasteiger partial charge in [0.1, 0.15) is 6.04 Å². The summed E-state index contributed by atoms with van der Waals surface area (Å²) in [6.07, 6.45) is 10.7. The molecule has 0 bridgehead atoms. The lowest BCUT2D eigenvalue weighted by molar-refractivity contribution is -0.138. The average molecular weight is 474 g/mol. The zero-order chi connectivity index (χ0) is 24.8. The maximum Gasteiger partial charge on any atom is 0.335 e. The molecule has 1 aromatic carbocycles. The topological polar surface area (TPSA) is 104 Å². The minimum absolute atomic E-state index is 0.0634. The van der Waals surface area contributed by atoms with Gasteiger partial charge in [0, 0.05) is 17.1 Å². The Hall–Kier alpha value is -2.80. The molecule has 180 valence electrons. The van der Waals surface area contributed by atoms with Crippen LogP contribution in [0.3, 0.4) is 0 Å². The summed E-state index contributed by atoms with van der Waals surface area (Å²) in [4.78, 5) is 34.7. The van der Waals surface area contributed by atoms with Crippen LogP contribution in [0.1, 0.15) is 74.1 Å². The second-order valence-electron chi connectivity index (χ2n) is 8.24. The summed E-state index contributed by atoms with van der Waals surface area (Å²) >= 11 is 1.44. The van der Waals surface area contributed by atoms with Gasteiger partial charge in [-0.1, -0.05) is 34.9 Å². The molecule has 0 saturated carbocycles. The highest BCUT2D eigenvalue weighted by Gasteiger charge is 2.20. The Balaban J connectivity index is 2.44. The summed E-state index contributed by atoms with van der Waals surface area (Å²) in [5.74, 6) is -1.83. The maximum atomic E-state index is 12.3. The highest BCUT2D eigenvalue weighted by atomic mass is 32.2. The number of nitrogens with one attached hydrogen (secondary N) is 1. The summed E-state index contributed by atoms with van der Waals surface area (Å²) in [6, 6.07) is 4.34. The number of carboxylic acid groups (broad SMARTS) is 2. The number of hydrogen-bond donors (Lipinski definition) is 3. The smallest absolute Gasteiger partial charge is 0.335 e. The van der Waals surface area contributed by atoms with Crippen molar-refractivity contribution in [2.75, 3.05) is 11.5 Å². The number of amides is 1. The Bertz CT molecular complexity index is 896. The van der Waals surface area contributed by atoms with E-state index in [2.05, 4.69) is 51.2 Å². The zero-order valence-electron chi connectivity index (χ0n) is 19.9. The van der Waals surface area contributed by atoms with Gasteiger partial charge in [-0.2, -0.15) is 11.8 Å². The molecule has 0 fully saturated rings. The largest absolute Gasteiger partial charge is 0.480 e. The molecule has 6 nitrogen and oxygen atoms in total. The van der Waals surface area contributed by atoms with Crippen molar-refractivity contribution in [2.24, 2.45) is 0 Å². The molecule has 1 unspecified atom stereocenters. The van der Waals surface area contributed by atoms with E-state index in [9.17, 15) is 19.5 Å². The molecule has 0 heterocycles. The van der Waals surface area contributed by atoms with Crippen molar-refractivity contribution in [2.45, 2.75) is 59.4 Å². The first-order valence-electron chi connectivity index (χ1n) is 11.0. The van der Waals surface area contributed by atoms with Crippen LogP contribution in [0.4, 0.5) is 0 Å². The van der Waals surface area contributed by atoms with Gasteiger partial charge in [-0.3, -0.25) is 4.79 Å². The number of benzene rings is 1. The number of allylic oxidation sites excluding steroid dienone is 5. The first-order valence-corrected chi connectivity index (χ1v) is 12.1. The van der Waals surface area contributed by atoms with Gasteiger partial charge in [-0.15, -0.1) is 0 Å². The number of aromatic carboxylic acids is 1. The Kier molecular flexibility index (Phi) is 12.9. The third-order valence-corrected chi connectivity index (χ3v) is 5.93. The summed E-state index contributed by atoms with van der Waals surface area (Å²) in [5, 5.41) is 20.8. The van der Waals surface area contributed by atoms with Gasteiger partial charge in [0.15, 0.2) is 0 Å². The van der Waals surface area contributed by atoms with Crippen LogP contribution >= 0.6 is 11.8 Å². The summed E-state index contributed by atoms with van der Waals surface area (Å²) in [7, 11) is 0. The number of carbonyl (C=O) groups is 3. The van der Waals surface area contributed by atoms with E-state index in [1.165, 1.54) is 52.7 Å². The lowest BCUT2D eigenvalue weighted by Crippen LogP contribution is -2.42. The Morgan fingerprint density at radius 3 is 1.97 bits per heavy atom. The monoisotopic (exact) mass is 473 g/mol. The van der Waals surface area contributed by atoms with Crippen LogP contribution in [0.2, 0.25) is 0 Å². The molecule has 1 rings (SSSR count). The molecular formula is C26H35NO5S. The van der Waals surface area contributed by atoms with Crippen LogP contribution < -0.4 is 5.32 Å². The minimum atomic E-state index is -1.10. The van der Waals surface area contributed by atoms with Gasteiger partial charge in [0.2, 0.25) is 0 Å². The first-order chi connectivity index (χ1) is 15.6. The highest BCUT2D eigenvalue weighted by Crippen LogP contribution is 2.13. The first kappa shape index (κ1) is 28.2. The Morgan fingerprint density at radius 2 is 1.42 bits per heavy atom. The van der Waals surface area contributed by atoms with Crippen molar-refractivity contribution in [1.29, 1.82) is 0 Å². The molecule has 1 amide bonds. The average Bonchev–Trinajstić information content (AvgIpc) is 2.75. The molecule has 1 atom stereocenters. The molecule has 0 saturated heterocycles. The fourth-order valence-electron chi connectivity index (χ4n) is 2.91. The third-order valence-electron chi connectivity index (χ3n) is 4.95. The van der Waals surface area contributed by atoms with E-state index in [1.54, 1.807) is 0 Å². The van der Waals surface area contributed by atoms with Gasteiger partial charge in [0.25, 0.3) is 5.91 Å². The molecule has 0 spiro atoms. The van der Waals surface area contributed by atoms with Crippen molar-refractivity contribution >= 4 is 29.6 Å². The van der Waals surface area contributed by atoms with Crippen molar-refractivity contribution < 1.29 is 24.6 Å². The van der Waals surface area contributed by atoms with E-state index >= 15 is 0 Å². The fraction of sp³-hybridized carbons (Fsp3) is 0.423. The molecule has 33 heavy (non-hydrogen) atoms. The van der Waals surface area contributed by atoms with E-state index in [1.807, 2.05) is 0 Å². The van der Waals surface area contributed by atoms with Gasteiger partial charge in [-0.05, 0) is 77.6 Å². The van der Waals surface area contributed by atoms with Crippen molar-refractivity contribution in [3.63, 3.8) is 0 Å². The van der Waals surface area contributed by atoms with Crippen LogP contribution in [0, 0.1) is 0 Å². The van der Waals surface area contributed by atoms with Crippen LogP contribution in [0.15, 0.2) is 59.2 Å². The van der Waals surface area contributed by atoms with E-state index < -0.39 is 23.9 Å². The number of rotatable bonds is 14. The Labute approximate surface area is 200 Å². The molecule has 0 aliphatic rings. The number of aliphatic carboxylic acids is 1. The van der Waals surface area contributed by atoms with E-state index in [0.717, 1.165) is 25.7 Å². The molecule has 0 aromatic heterocycles. The summed E-state index contributed by atoms with van der Waals surface area (Å²) < 4.78 is 0. The molecule has 1 aromatic rings. The van der Waals surface area contributed by atoms with Gasteiger partial charge in [0.05, 0.1) is 5.56 Å². The molecule has 0 aliphatic carbocycles. The number of hydrogen-bond acceptors (Lipinski definition) is 4. The minimum Gasteiger partial charge on any atom is -0.480 e. The van der Waals surface area contributed by atoms with Gasteiger partial charge < -0.3 is 15.5 Å². The van der Waals surface area contributed by atoms with Crippen molar-refractivity contribution in [3.05, 3.63) is 70.3 Å². The molecule has 0 radical (unpaired) electrons. The number of thioether (sulfide) groups is 1. The summed E-state index contributed by atoms with van der Waals surface area (Å²) in [5.41, 5.74) is 4.28. The molecular weight excluding hydrogens is 438 g/mol. The predicted octanol–water partition coefficient (Wildman–Crippen LogP) is 5.72. The second kappa shape index (κ2) is 15.1. The third kappa shape index (κ3) is 12.1. The number of carbonyl (C=O) groups excluding carboxylic acids is 1. The quantitative estimate of drug-likeness (QED) is 0.236. The lowest BCUT2D eigenvalue weighted by atomic mass is 10.1. The Morgan fingerprint density at radius 1 is 0.879 bits per heavy atom. The molecule has 0 aliphatic heterocycles. The normalized spacial score (nSPS) is 12.7. The van der Waals surface area contributed by atoms with Crippen LogP contribution in [0.25, 0.3) is 0 Å². The van der Waals surface area contributed by atoms with Gasteiger partial charge in [-0.25, -0.2) is 9.59 Å².